The molecule has 7 nitrogen and oxygen atoms in total. The second-order valence-corrected chi connectivity index (χ2v) is 8.24. The van der Waals surface area contributed by atoms with Crippen LogP contribution in [0.5, 0.6) is 0 Å². The molecule has 0 saturated carbocycles. The van der Waals surface area contributed by atoms with Crippen LogP contribution in [0.15, 0.2) is 65.5 Å². The first-order valence-electron chi connectivity index (χ1n) is 9.46. The van der Waals surface area contributed by atoms with Crippen LogP contribution >= 0.6 is 27.5 Å². The van der Waals surface area contributed by atoms with Crippen molar-refractivity contribution in [3.63, 3.8) is 0 Å². The molecule has 0 aliphatic heterocycles. The minimum Gasteiger partial charge on any atom is -0.383 e. The van der Waals surface area contributed by atoms with Crippen LogP contribution in [-0.2, 0) is 6.54 Å². The molecule has 1 aromatic carbocycles. The molecule has 0 fully saturated rings. The molecule has 1 atom stereocenters. The highest BCUT2D eigenvalue weighted by atomic mass is 79.9. The Balaban J connectivity index is 1.72. The Morgan fingerprint density at radius 2 is 1.94 bits per heavy atom. The molecule has 0 bridgehead atoms. The fourth-order valence-electron chi connectivity index (χ4n) is 3.19. The Morgan fingerprint density at radius 3 is 2.65 bits per heavy atom. The zero-order chi connectivity index (χ0) is 22.0. The average Bonchev–Trinajstić information content (AvgIpc) is 2.79. The van der Waals surface area contributed by atoms with Crippen molar-refractivity contribution in [3.05, 3.63) is 87.6 Å². The van der Waals surface area contributed by atoms with E-state index in [9.17, 15) is 4.79 Å². The number of benzene rings is 1. The Kier molecular flexibility index (Phi) is 6.11. The number of fused-ring (bicyclic) bond motifs is 1. The van der Waals surface area contributed by atoms with Gasteiger partial charge in [0.15, 0.2) is 0 Å². The van der Waals surface area contributed by atoms with Gasteiger partial charge in [0.25, 0.3) is 5.91 Å². The molecule has 31 heavy (non-hydrogen) atoms. The molecule has 4 rings (SSSR count). The summed E-state index contributed by atoms with van der Waals surface area (Å²) in [6, 6.07) is 12.1. The third-order valence-corrected chi connectivity index (χ3v) is 5.71. The van der Waals surface area contributed by atoms with Gasteiger partial charge in [-0.3, -0.25) is 9.78 Å². The van der Waals surface area contributed by atoms with E-state index in [2.05, 4.69) is 35.9 Å². The number of nitrogens with zero attached hydrogens (tertiary/aromatic N) is 5. The van der Waals surface area contributed by atoms with Gasteiger partial charge in [0.2, 0.25) is 0 Å². The second kappa shape index (κ2) is 8.95. The zero-order valence-corrected chi connectivity index (χ0v) is 18.9. The Labute approximate surface area is 192 Å². The van der Waals surface area contributed by atoms with Crippen molar-refractivity contribution in [3.8, 4) is 0 Å². The highest BCUT2D eigenvalue weighted by Crippen LogP contribution is 2.26. The number of nitrogen functional groups attached to an aromatic ring is 1. The number of pyridine rings is 2. The standard InChI is InChI=1S/C22H18BrClN6O/c1-13(21-26-7-2-8-27-21)30(12-17-5-4-16(24)11-28-17)22(31)14-3-6-19-15(9-14)10-18(23)20(25)29-19/h2-11,13H,12H2,1H3,(H2,25,29)/t13-/m1/s1. The number of rotatable bonds is 5. The minimum absolute atomic E-state index is 0.174. The number of amides is 1. The lowest BCUT2D eigenvalue weighted by molar-refractivity contribution is 0.0663. The van der Waals surface area contributed by atoms with E-state index in [1.165, 1.54) is 0 Å². The largest absolute Gasteiger partial charge is 0.383 e. The van der Waals surface area contributed by atoms with Gasteiger partial charge in [-0.25, -0.2) is 15.0 Å². The number of halogens is 2. The predicted molar refractivity (Wildman–Crippen MR) is 123 cm³/mol. The fourth-order valence-corrected chi connectivity index (χ4v) is 3.64. The van der Waals surface area contributed by atoms with E-state index in [4.69, 9.17) is 17.3 Å². The Bertz CT molecular complexity index is 1240. The first-order valence-corrected chi connectivity index (χ1v) is 10.6. The molecule has 3 heterocycles. The normalized spacial score (nSPS) is 12.0. The van der Waals surface area contributed by atoms with Crippen molar-refractivity contribution < 1.29 is 4.79 Å². The van der Waals surface area contributed by atoms with Gasteiger partial charge in [-0.1, -0.05) is 11.6 Å². The number of carbonyl (C=O) groups is 1. The van der Waals surface area contributed by atoms with Crippen LogP contribution in [0.1, 0.15) is 34.8 Å². The van der Waals surface area contributed by atoms with Crippen LogP contribution in [0.2, 0.25) is 5.02 Å². The van der Waals surface area contributed by atoms with E-state index in [1.54, 1.807) is 59.9 Å². The molecular weight excluding hydrogens is 480 g/mol. The summed E-state index contributed by atoms with van der Waals surface area (Å²) in [5, 5.41) is 1.34. The lowest BCUT2D eigenvalue weighted by Crippen LogP contribution is -2.34. The fraction of sp³-hybridized carbons (Fsp3) is 0.136. The maximum Gasteiger partial charge on any atom is 0.254 e. The number of anilines is 1. The SMILES string of the molecule is C[C@H](c1ncccn1)N(Cc1ccc(Cl)cn1)C(=O)c1ccc2nc(N)c(Br)cc2c1. The van der Waals surface area contributed by atoms with Gasteiger partial charge in [-0.2, -0.15) is 0 Å². The highest BCUT2D eigenvalue weighted by Gasteiger charge is 2.25. The molecule has 0 radical (unpaired) electrons. The Morgan fingerprint density at radius 1 is 1.16 bits per heavy atom. The molecule has 3 aromatic heterocycles. The average molecular weight is 498 g/mol. The third kappa shape index (κ3) is 4.65. The molecule has 0 spiro atoms. The van der Waals surface area contributed by atoms with Crippen molar-refractivity contribution in [2.45, 2.75) is 19.5 Å². The highest BCUT2D eigenvalue weighted by molar-refractivity contribution is 9.10. The summed E-state index contributed by atoms with van der Waals surface area (Å²) in [4.78, 5) is 32.6. The monoisotopic (exact) mass is 496 g/mol. The maximum absolute atomic E-state index is 13.6. The van der Waals surface area contributed by atoms with Gasteiger partial charge in [0.1, 0.15) is 11.6 Å². The van der Waals surface area contributed by atoms with Gasteiger partial charge in [-0.05, 0) is 65.3 Å². The summed E-state index contributed by atoms with van der Waals surface area (Å²) < 4.78 is 0.679. The van der Waals surface area contributed by atoms with Gasteiger partial charge in [-0.15, -0.1) is 0 Å². The minimum atomic E-state index is -0.377. The van der Waals surface area contributed by atoms with Crippen molar-refractivity contribution in [1.29, 1.82) is 0 Å². The van der Waals surface area contributed by atoms with Crippen molar-refractivity contribution in [2.75, 3.05) is 5.73 Å². The maximum atomic E-state index is 13.6. The van der Waals surface area contributed by atoms with E-state index in [0.717, 1.165) is 5.39 Å². The summed E-state index contributed by atoms with van der Waals surface area (Å²) >= 11 is 9.36. The van der Waals surface area contributed by atoms with Crippen molar-refractivity contribution in [2.24, 2.45) is 0 Å². The van der Waals surface area contributed by atoms with Crippen LogP contribution in [0.3, 0.4) is 0 Å². The van der Waals surface area contributed by atoms with Crippen LogP contribution in [-0.4, -0.2) is 30.7 Å². The molecule has 9 heteroatoms. The Hall–Kier alpha value is -3.10. The molecule has 0 saturated heterocycles. The van der Waals surface area contributed by atoms with Crippen molar-refractivity contribution >= 4 is 50.2 Å². The van der Waals surface area contributed by atoms with E-state index < -0.39 is 0 Å². The van der Waals surface area contributed by atoms with Gasteiger partial charge >= 0.3 is 0 Å². The number of carbonyl (C=O) groups excluding carboxylic acids is 1. The van der Waals surface area contributed by atoms with E-state index in [1.807, 2.05) is 13.0 Å². The summed E-state index contributed by atoms with van der Waals surface area (Å²) in [7, 11) is 0. The molecule has 156 valence electrons. The van der Waals surface area contributed by atoms with Gasteiger partial charge < -0.3 is 10.6 Å². The van der Waals surface area contributed by atoms with Crippen LogP contribution in [0.25, 0.3) is 10.9 Å². The number of hydrogen-bond acceptors (Lipinski definition) is 6. The lowest BCUT2D eigenvalue weighted by atomic mass is 10.1. The lowest BCUT2D eigenvalue weighted by Gasteiger charge is -2.28. The van der Waals surface area contributed by atoms with Crippen LogP contribution < -0.4 is 5.73 Å². The summed E-state index contributed by atoms with van der Waals surface area (Å²) in [6.45, 7) is 2.17. The van der Waals surface area contributed by atoms with Crippen LogP contribution in [0, 0.1) is 0 Å². The molecule has 4 aromatic rings. The molecule has 2 N–H and O–H groups in total. The van der Waals surface area contributed by atoms with E-state index >= 15 is 0 Å². The zero-order valence-electron chi connectivity index (χ0n) is 16.5. The van der Waals surface area contributed by atoms with E-state index in [-0.39, 0.29) is 18.5 Å². The third-order valence-electron chi connectivity index (χ3n) is 4.85. The van der Waals surface area contributed by atoms with E-state index in [0.29, 0.717) is 37.9 Å². The summed E-state index contributed by atoms with van der Waals surface area (Å²) in [6.07, 6.45) is 4.88. The quantitative estimate of drug-likeness (QED) is 0.424. The van der Waals surface area contributed by atoms with Gasteiger partial charge in [0.05, 0.1) is 33.3 Å². The molecular formula is C22H18BrClN6O. The summed E-state index contributed by atoms with van der Waals surface area (Å²) in [5.41, 5.74) is 7.80. The number of aromatic nitrogens is 4. The topological polar surface area (TPSA) is 97.9 Å². The summed E-state index contributed by atoms with van der Waals surface area (Å²) in [5.74, 6) is 0.770. The van der Waals surface area contributed by atoms with Gasteiger partial charge in [0, 0.05) is 29.5 Å². The first kappa shape index (κ1) is 21.1. The van der Waals surface area contributed by atoms with Crippen LogP contribution in [0.4, 0.5) is 5.82 Å². The van der Waals surface area contributed by atoms with Crippen molar-refractivity contribution in [1.82, 2.24) is 24.8 Å². The molecule has 0 unspecified atom stereocenters. The molecule has 0 aliphatic rings. The molecule has 0 aliphatic carbocycles. The number of hydrogen-bond donors (Lipinski definition) is 1. The first-order chi connectivity index (χ1) is 14.9. The smallest absolute Gasteiger partial charge is 0.254 e. The number of nitrogens with two attached hydrogens (primary N) is 1. The molecule has 1 amide bonds. The second-order valence-electron chi connectivity index (χ2n) is 6.95. The predicted octanol–water partition coefficient (Wildman–Crippen LogP) is 4.82.